The van der Waals surface area contributed by atoms with Gasteiger partial charge in [-0.3, -0.25) is 72.3 Å². The van der Waals surface area contributed by atoms with E-state index in [0.29, 0.717) is 117 Å². The number of nitrogens with zero attached hydrogens (tertiary/aromatic N) is 4. The number of methoxy groups -OCH3 is 6. The maximum absolute atomic E-state index is 12.2. The van der Waals surface area contributed by atoms with Gasteiger partial charge in [0.15, 0.2) is 0 Å². The number of aliphatic carboxylic acids is 1. The number of nitrogens with two attached hydrogens (primary N) is 1. The Balaban J connectivity index is 0.000000241. The first-order valence-electron chi connectivity index (χ1n) is 37.8. The largest absolute Gasteiger partial charge is 0.480 e. The highest BCUT2D eigenvalue weighted by Gasteiger charge is 2.53. The number of likely N-dealkylation sites (tertiary alicyclic amines) is 4. The second kappa shape index (κ2) is 48.2. The molecule has 7 saturated heterocycles. The molecule has 0 spiro atoms. The number of aliphatic hydroxyl groups excluding tert-OH is 3. The summed E-state index contributed by atoms with van der Waals surface area (Å²) in [7, 11) is 11.4. The van der Waals surface area contributed by atoms with Crippen LogP contribution >= 0.6 is 0 Å². The summed E-state index contributed by atoms with van der Waals surface area (Å²) in [6.45, 7) is 11.6. The molecule has 4 aromatic carbocycles. The van der Waals surface area contributed by atoms with E-state index in [-0.39, 0.29) is 85.0 Å². The van der Waals surface area contributed by atoms with Gasteiger partial charge in [0.25, 0.3) is 0 Å². The van der Waals surface area contributed by atoms with Crippen LogP contribution in [0.2, 0.25) is 0 Å². The highest BCUT2D eigenvalue weighted by molar-refractivity contribution is 5.91. The lowest BCUT2D eigenvalue weighted by molar-refractivity contribution is -0.149. The monoisotopic (exact) mass is 1600 g/mol. The fourth-order valence-corrected chi connectivity index (χ4v) is 14.0. The van der Waals surface area contributed by atoms with Crippen molar-refractivity contribution in [2.75, 3.05) is 122 Å². The summed E-state index contributed by atoms with van der Waals surface area (Å²) < 4.78 is 43.5. The van der Waals surface area contributed by atoms with Crippen LogP contribution in [-0.4, -0.2) is 305 Å². The van der Waals surface area contributed by atoms with E-state index >= 15 is 0 Å². The summed E-state index contributed by atoms with van der Waals surface area (Å²) in [5.41, 5.74) is 7.58. The highest BCUT2D eigenvalue weighted by atomic mass is 16.6. The van der Waals surface area contributed by atoms with Gasteiger partial charge in [0.2, 0.25) is 0 Å². The Morgan fingerprint density at radius 2 is 0.842 bits per heavy atom. The summed E-state index contributed by atoms with van der Waals surface area (Å²) >= 11 is 0. The molecule has 0 bridgehead atoms. The zero-order valence-electron chi connectivity index (χ0n) is 67.0. The highest BCUT2D eigenvalue weighted by Crippen LogP contribution is 2.32. The summed E-state index contributed by atoms with van der Waals surface area (Å²) in [4.78, 5) is 135. The van der Waals surface area contributed by atoms with E-state index in [1.807, 2.05) is 141 Å². The summed E-state index contributed by atoms with van der Waals surface area (Å²) in [6.07, 6.45) is 1.07. The number of carbonyl (C=O) groups is 11. The number of hydrogen-bond donors (Lipinski definition) is 10. The molecule has 7 fully saturated rings. The van der Waals surface area contributed by atoms with Crippen molar-refractivity contribution in [2.45, 2.75) is 169 Å². The molecule has 630 valence electrons. The van der Waals surface area contributed by atoms with Crippen LogP contribution in [-0.2, 0) is 122 Å². The van der Waals surface area contributed by atoms with Crippen molar-refractivity contribution in [3.63, 3.8) is 0 Å². The van der Waals surface area contributed by atoms with Crippen molar-refractivity contribution in [3.8, 4) is 0 Å². The molecule has 34 nitrogen and oxygen atoms in total. The van der Waals surface area contributed by atoms with E-state index in [2.05, 4.69) is 31.3 Å². The number of likely N-dealkylation sites (N-methyl/N-ethyl adjacent to an activating group) is 2. The Hall–Kier alpha value is -9.27. The molecule has 7 heterocycles. The number of nitrogens with one attached hydrogen (secondary N) is 5. The molecule has 4 aromatic rings. The molecule has 114 heavy (non-hydrogen) atoms. The summed E-state index contributed by atoms with van der Waals surface area (Å²) in [5.74, 6) is -3.89. The molecule has 7 aliphatic rings. The molecular formula is C80H116N10O24. The van der Waals surface area contributed by atoms with E-state index in [4.69, 9.17) is 58.9 Å². The minimum Gasteiger partial charge on any atom is -0.480 e. The lowest BCUT2D eigenvalue weighted by Gasteiger charge is -2.25. The quantitative estimate of drug-likeness (QED) is 0.0349. The number of carboxylic acids is 1. The Kier molecular flexibility index (Phi) is 40.3. The lowest BCUT2D eigenvalue weighted by Crippen LogP contribution is -2.53. The van der Waals surface area contributed by atoms with Crippen LogP contribution in [0.15, 0.2) is 121 Å². The number of aliphatic hydroxyl groups is 3. The second-order valence-corrected chi connectivity index (χ2v) is 28.0. The van der Waals surface area contributed by atoms with Crippen LogP contribution in [0.25, 0.3) is 0 Å². The van der Waals surface area contributed by atoms with Crippen molar-refractivity contribution >= 4 is 65.5 Å². The zero-order valence-corrected chi connectivity index (χ0v) is 67.0. The average molecular weight is 1600 g/mol. The summed E-state index contributed by atoms with van der Waals surface area (Å²) in [5, 5.41) is 50.3. The maximum Gasteiger partial charge on any atom is 0.327 e. The van der Waals surface area contributed by atoms with Gasteiger partial charge in [0.1, 0.15) is 64.7 Å². The molecular weight excluding hydrogens is 1480 g/mol. The minimum absolute atomic E-state index is 0.101. The molecule has 7 aliphatic heterocycles. The summed E-state index contributed by atoms with van der Waals surface area (Å²) in [6, 6.07) is 36.2. The number of carbonyl (C=O) groups excluding carboxylic acids is 10. The van der Waals surface area contributed by atoms with Crippen LogP contribution in [0.1, 0.15) is 88.0 Å². The number of hydrogen-bond acceptors (Lipinski definition) is 33. The number of rotatable bonds is 23. The van der Waals surface area contributed by atoms with Gasteiger partial charge in [-0.05, 0) is 57.1 Å². The number of β-amino-alcohol motifs (C(OH)–C–C–N with tert-alkyl or cyclic N) is 3. The molecule has 0 radical (unpaired) electrons. The predicted molar refractivity (Wildman–Crippen MR) is 413 cm³/mol. The lowest BCUT2D eigenvalue weighted by atomic mass is 9.96. The van der Waals surface area contributed by atoms with Crippen LogP contribution in [0.4, 0.5) is 0 Å². The van der Waals surface area contributed by atoms with Crippen molar-refractivity contribution in [2.24, 2.45) is 5.73 Å². The van der Waals surface area contributed by atoms with Gasteiger partial charge in [-0.1, -0.05) is 121 Å². The van der Waals surface area contributed by atoms with E-state index in [9.17, 15) is 57.8 Å². The van der Waals surface area contributed by atoms with Gasteiger partial charge in [-0.25, -0.2) is 0 Å². The predicted octanol–water partition coefficient (Wildman–Crippen LogP) is 0.166. The van der Waals surface area contributed by atoms with Crippen LogP contribution < -0.4 is 32.3 Å². The molecule has 0 unspecified atom stereocenters. The smallest absolute Gasteiger partial charge is 0.327 e. The van der Waals surface area contributed by atoms with E-state index in [1.165, 1.54) is 42.7 Å². The first-order chi connectivity index (χ1) is 54.5. The van der Waals surface area contributed by atoms with Gasteiger partial charge in [0.05, 0.1) is 87.3 Å². The maximum atomic E-state index is 12.2. The number of ether oxygens (including phenoxy) is 9. The normalized spacial score (nSPS) is 26.1. The minimum atomic E-state index is -1.18. The first-order valence-corrected chi connectivity index (χ1v) is 37.8. The van der Waals surface area contributed by atoms with Crippen LogP contribution in [0, 0.1) is 0 Å². The number of ketones is 1. The Morgan fingerprint density at radius 3 is 1.25 bits per heavy atom. The van der Waals surface area contributed by atoms with E-state index < -0.39 is 77.1 Å². The topological polar surface area (TPSA) is 451 Å². The molecule has 0 aliphatic carbocycles. The van der Waals surface area contributed by atoms with Crippen molar-refractivity contribution < 1.29 is 116 Å². The second-order valence-electron chi connectivity index (χ2n) is 28.0. The molecule has 34 heteroatoms. The van der Waals surface area contributed by atoms with Crippen molar-refractivity contribution in [1.29, 1.82) is 0 Å². The first kappa shape index (κ1) is 95.3. The fraction of sp³-hybridized carbons (Fsp3) is 0.562. The van der Waals surface area contributed by atoms with Gasteiger partial charge >= 0.3 is 59.7 Å². The third-order valence-electron chi connectivity index (χ3n) is 20.0. The van der Waals surface area contributed by atoms with Gasteiger partial charge in [-0.15, -0.1) is 0 Å². The third-order valence-corrected chi connectivity index (χ3v) is 20.0. The molecule has 13 atom stereocenters. The van der Waals surface area contributed by atoms with E-state index in [1.54, 1.807) is 34.9 Å². The number of esters is 9. The van der Waals surface area contributed by atoms with E-state index in [0.717, 1.165) is 22.3 Å². The molecule has 11 N–H and O–H groups in total. The van der Waals surface area contributed by atoms with Crippen LogP contribution in [0.5, 0.6) is 0 Å². The number of carboxylic acid groups (broad SMARTS) is 1. The Bertz CT molecular complexity index is 3690. The molecule has 0 saturated carbocycles. The van der Waals surface area contributed by atoms with Gasteiger partial charge in [-0.2, -0.15) is 0 Å². The van der Waals surface area contributed by atoms with Crippen molar-refractivity contribution in [1.82, 2.24) is 46.2 Å². The van der Waals surface area contributed by atoms with Gasteiger partial charge in [0, 0.05) is 110 Å². The zero-order chi connectivity index (χ0) is 84.1. The fourth-order valence-electron chi connectivity index (χ4n) is 14.0. The number of Topliss-reactive ketones (excluding diaryl/α,β-unsaturated/α-hetero) is 1. The molecule has 0 aromatic heterocycles. The SMILES string of the molecule is CCOC(=O)[C@@H]1CC(=O)CN1Cc1ccccc1.CCOC(=O)[C@@H]1C[C@@H](O)CN1.CCOC(=O)[C@@H]1C[C@@H](O)CN1Cc1ccccc1.CN[C@@]1(C(=O)OC)C[C@@H](C(=O)OC)N(Cc2ccccc2)C1.CN[C@]1(C(=O)OC)CN[C@H](C(=O)OC)C1.COC(=O)[C@@H]1C[C@@](N)(C(=O)OC)CN1Cc1ccccc1.O=C(O)[C@@H]1C[C@@H](O)CN1. The van der Waals surface area contributed by atoms with Crippen LogP contribution in [0.3, 0.4) is 0 Å². The number of benzene rings is 4. The third kappa shape index (κ3) is 28.6. The Labute approximate surface area is 665 Å². The molecule has 11 rings (SSSR count). The van der Waals surface area contributed by atoms with Gasteiger partial charge < -0.3 is 95.4 Å². The average Bonchev–Trinajstić information content (AvgIpc) is 1.63. The van der Waals surface area contributed by atoms with Crippen molar-refractivity contribution in [3.05, 3.63) is 144 Å². The Morgan fingerprint density at radius 1 is 0.439 bits per heavy atom. The standard InChI is InChI=1S/C16H22N2O4.C15H20N2O4.C14H19NO3.C14H17NO3.C9H16N2O4.C7H13NO3.C5H9NO3/c1-17-16(15(20)22-3)9-13(14(19)21-2)18(11-16)10-12-7-5-4-6-8-12;1-20-13(18)12-8-15(16,14(19)21-2)10-17(12)9-11-6-4-3-5-7-11;2*1-2-18-14(17)13-8-12(16)10-15(13)9-11-6-4-3-5-7-11;1-10-9(8(13)15-3)4-6(11-5-9)7(12)14-2;1-2-11-7(10)6-3-5(9)4-8-6;7-3-1-4(5(8)9)6-2-3/h4-8,13,17H,9-11H2,1-3H3;3-7,12H,8-10,16H2,1-2H3;3-7,12-13,16H,2,8-10H2,1H3;3-7,13H,2,8-10H2,1H3;6,10-11H,4-5H2,1-3H3;5-6,8-9H,2-4H2,1H3;3-4,6-7H,1-2H2,(H,8,9)/t13-,16-;12-,15-;12-,13+;13-;6-,9-;5-,6+;3-,4+/m0010011/s1. The molecule has 0 amide bonds.